The summed E-state index contributed by atoms with van der Waals surface area (Å²) in [4.78, 5) is 2.68. The second-order valence-electron chi connectivity index (χ2n) is 5.62. The minimum atomic E-state index is 0.415. The molecule has 17 heavy (non-hydrogen) atoms. The van der Waals surface area contributed by atoms with Gasteiger partial charge in [0.25, 0.3) is 0 Å². The quantitative estimate of drug-likeness (QED) is 0.803. The van der Waals surface area contributed by atoms with E-state index in [-0.39, 0.29) is 0 Å². The first-order valence-electron chi connectivity index (χ1n) is 6.85. The number of piperidine rings is 1. The van der Waals surface area contributed by atoms with Gasteiger partial charge in [0.05, 0.1) is 0 Å². The maximum Gasteiger partial charge on any atom is 0.0356 e. The lowest BCUT2D eigenvalue weighted by Gasteiger charge is -2.40. The van der Waals surface area contributed by atoms with Crippen molar-refractivity contribution in [3.8, 4) is 0 Å². The minimum absolute atomic E-state index is 0.415. The summed E-state index contributed by atoms with van der Waals surface area (Å²) in [6, 6.07) is 10.6. The summed E-state index contributed by atoms with van der Waals surface area (Å²) in [6.07, 6.45) is 4.84. The molecule has 0 bridgehead atoms. The first-order chi connectivity index (χ1) is 8.25. The lowest BCUT2D eigenvalue weighted by atomic mass is 9.95. The fourth-order valence-electron chi connectivity index (χ4n) is 3.57. The van der Waals surface area contributed by atoms with E-state index in [0.29, 0.717) is 18.1 Å². The standard InChI is InChI=1S/C15H22N2/c1-11-10-13(16)8-9-17(11)15-7-6-12-4-2-3-5-14(12)15/h2-5,11,13,15H,6-10,16H2,1H3. The summed E-state index contributed by atoms with van der Waals surface area (Å²) in [6.45, 7) is 3.50. The lowest BCUT2D eigenvalue weighted by molar-refractivity contribution is 0.0958. The average Bonchev–Trinajstić information content (AvgIpc) is 2.73. The molecule has 1 saturated heterocycles. The van der Waals surface area contributed by atoms with Crippen LogP contribution in [-0.4, -0.2) is 23.5 Å². The van der Waals surface area contributed by atoms with Crippen molar-refractivity contribution in [2.45, 2.75) is 50.7 Å². The van der Waals surface area contributed by atoms with Crippen molar-refractivity contribution >= 4 is 0 Å². The van der Waals surface area contributed by atoms with Crippen molar-refractivity contribution in [1.29, 1.82) is 0 Å². The second-order valence-corrected chi connectivity index (χ2v) is 5.62. The Bertz CT molecular complexity index is 402. The Balaban J connectivity index is 1.82. The van der Waals surface area contributed by atoms with Crippen molar-refractivity contribution in [2.75, 3.05) is 6.54 Å². The van der Waals surface area contributed by atoms with Gasteiger partial charge in [-0.1, -0.05) is 24.3 Å². The topological polar surface area (TPSA) is 29.3 Å². The molecule has 1 aromatic carbocycles. The van der Waals surface area contributed by atoms with Gasteiger partial charge < -0.3 is 5.73 Å². The number of likely N-dealkylation sites (tertiary alicyclic amines) is 1. The number of fused-ring (bicyclic) bond motifs is 1. The first kappa shape index (κ1) is 11.2. The maximum atomic E-state index is 6.05. The van der Waals surface area contributed by atoms with Gasteiger partial charge in [-0.25, -0.2) is 0 Å². The van der Waals surface area contributed by atoms with E-state index in [2.05, 4.69) is 36.1 Å². The van der Waals surface area contributed by atoms with Gasteiger partial charge >= 0.3 is 0 Å². The molecule has 0 aromatic heterocycles. The highest BCUT2D eigenvalue weighted by atomic mass is 15.2. The van der Waals surface area contributed by atoms with Gasteiger partial charge in [0, 0.05) is 24.7 Å². The number of nitrogens with zero attached hydrogens (tertiary/aromatic N) is 1. The number of hydrogen-bond donors (Lipinski definition) is 1. The SMILES string of the molecule is CC1CC(N)CCN1C1CCc2ccccc21. The Labute approximate surface area is 104 Å². The van der Waals surface area contributed by atoms with Crippen LogP contribution in [-0.2, 0) is 6.42 Å². The molecule has 1 aliphatic carbocycles. The predicted molar refractivity (Wildman–Crippen MR) is 70.9 cm³/mol. The number of hydrogen-bond acceptors (Lipinski definition) is 2. The molecule has 1 aromatic rings. The van der Waals surface area contributed by atoms with Crippen molar-refractivity contribution in [1.82, 2.24) is 4.90 Å². The first-order valence-corrected chi connectivity index (χ1v) is 6.85. The Morgan fingerprint density at radius 3 is 2.88 bits per heavy atom. The number of aryl methyl sites for hydroxylation is 1. The molecule has 3 unspecified atom stereocenters. The van der Waals surface area contributed by atoms with E-state index in [4.69, 9.17) is 5.73 Å². The maximum absolute atomic E-state index is 6.05. The molecule has 1 aliphatic heterocycles. The molecule has 2 nitrogen and oxygen atoms in total. The number of nitrogens with two attached hydrogens (primary N) is 1. The molecule has 2 N–H and O–H groups in total. The molecule has 92 valence electrons. The summed E-state index contributed by atoms with van der Waals surface area (Å²) < 4.78 is 0. The van der Waals surface area contributed by atoms with Gasteiger partial charge in [-0.15, -0.1) is 0 Å². The molecule has 2 heteroatoms. The second kappa shape index (κ2) is 4.43. The van der Waals surface area contributed by atoms with E-state index >= 15 is 0 Å². The van der Waals surface area contributed by atoms with E-state index in [1.165, 1.54) is 19.4 Å². The molecule has 3 atom stereocenters. The highest BCUT2D eigenvalue weighted by Gasteiger charge is 2.33. The summed E-state index contributed by atoms with van der Waals surface area (Å²) in [7, 11) is 0. The molecular formula is C15H22N2. The van der Waals surface area contributed by atoms with Crippen LogP contribution < -0.4 is 5.73 Å². The fraction of sp³-hybridized carbons (Fsp3) is 0.600. The zero-order chi connectivity index (χ0) is 11.8. The molecule has 2 aliphatic rings. The normalized spacial score (nSPS) is 33.6. The van der Waals surface area contributed by atoms with Crippen LogP contribution in [0.1, 0.15) is 43.4 Å². The van der Waals surface area contributed by atoms with E-state index < -0.39 is 0 Å². The summed E-state index contributed by atoms with van der Waals surface area (Å²) in [5.41, 5.74) is 9.17. The van der Waals surface area contributed by atoms with Crippen molar-refractivity contribution in [3.05, 3.63) is 35.4 Å². The van der Waals surface area contributed by atoms with Crippen LogP contribution in [0.25, 0.3) is 0 Å². The highest BCUT2D eigenvalue weighted by molar-refractivity contribution is 5.34. The van der Waals surface area contributed by atoms with E-state index in [0.717, 1.165) is 12.8 Å². The summed E-state index contributed by atoms with van der Waals surface area (Å²) >= 11 is 0. The van der Waals surface area contributed by atoms with Gasteiger partial charge in [0.2, 0.25) is 0 Å². The minimum Gasteiger partial charge on any atom is -0.328 e. The molecular weight excluding hydrogens is 208 g/mol. The van der Waals surface area contributed by atoms with Gasteiger partial charge in [-0.3, -0.25) is 4.90 Å². The monoisotopic (exact) mass is 230 g/mol. The van der Waals surface area contributed by atoms with Crippen molar-refractivity contribution < 1.29 is 0 Å². The number of benzene rings is 1. The smallest absolute Gasteiger partial charge is 0.0356 e. The Kier molecular flexibility index (Phi) is 2.93. The van der Waals surface area contributed by atoms with Gasteiger partial charge in [-0.2, -0.15) is 0 Å². The molecule has 1 heterocycles. The van der Waals surface area contributed by atoms with Crippen molar-refractivity contribution in [2.24, 2.45) is 5.73 Å². The zero-order valence-corrected chi connectivity index (χ0v) is 10.6. The Morgan fingerprint density at radius 1 is 1.24 bits per heavy atom. The van der Waals surface area contributed by atoms with Crippen LogP contribution in [0, 0.1) is 0 Å². The van der Waals surface area contributed by atoms with E-state index in [9.17, 15) is 0 Å². The van der Waals surface area contributed by atoms with Crippen LogP contribution in [0.4, 0.5) is 0 Å². The Morgan fingerprint density at radius 2 is 2.06 bits per heavy atom. The van der Waals surface area contributed by atoms with Crippen LogP contribution in [0.5, 0.6) is 0 Å². The largest absolute Gasteiger partial charge is 0.328 e. The van der Waals surface area contributed by atoms with Crippen LogP contribution in [0.15, 0.2) is 24.3 Å². The molecule has 0 saturated carbocycles. The van der Waals surface area contributed by atoms with Gasteiger partial charge in [0.15, 0.2) is 0 Å². The summed E-state index contributed by atoms with van der Waals surface area (Å²) in [5, 5.41) is 0. The average molecular weight is 230 g/mol. The third kappa shape index (κ3) is 2.00. The van der Waals surface area contributed by atoms with Crippen molar-refractivity contribution in [3.63, 3.8) is 0 Å². The molecule has 0 spiro atoms. The predicted octanol–water partition coefficient (Wildman–Crippen LogP) is 2.49. The van der Waals surface area contributed by atoms with Crippen LogP contribution in [0.2, 0.25) is 0 Å². The van der Waals surface area contributed by atoms with E-state index in [1.54, 1.807) is 11.1 Å². The molecule has 0 radical (unpaired) electrons. The third-order valence-corrected chi connectivity index (χ3v) is 4.47. The zero-order valence-electron chi connectivity index (χ0n) is 10.6. The van der Waals surface area contributed by atoms with E-state index in [1.807, 2.05) is 0 Å². The number of rotatable bonds is 1. The lowest BCUT2D eigenvalue weighted by Crippen LogP contribution is -2.46. The fourth-order valence-corrected chi connectivity index (χ4v) is 3.57. The molecule has 3 rings (SSSR count). The van der Waals surface area contributed by atoms with Gasteiger partial charge in [-0.05, 0) is 43.7 Å². The van der Waals surface area contributed by atoms with Gasteiger partial charge in [0.1, 0.15) is 0 Å². The van der Waals surface area contributed by atoms with Crippen LogP contribution in [0.3, 0.4) is 0 Å². The highest BCUT2D eigenvalue weighted by Crippen LogP contribution is 2.38. The third-order valence-electron chi connectivity index (χ3n) is 4.47. The van der Waals surface area contributed by atoms with Crippen LogP contribution >= 0.6 is 0 Å². The molecule has 1 fully saturated rings. The Hall–Kier alpha value is -0.860. The summed E-state index contributed by atoms with van der Waals surface area (Å²) in [5.74, 6) is 0. The molecule has 0 amide bonds.